The number of hydrogen-bond acceptors (Lipinski definition) is 2. The molecular weight excluding hydrogens is 438 g/mol. The van der Waals surface area contributed by atoms with Gasteiger partial charge in [0.15, 0.2) is 5.69 Å². The Kier molecular flexibility index (Phi) is 5.38. The van der Waals surface area contributed by atoms with Crippen molar-refractivity contribution in [2.45, 2.75) is 18.5 Å². The predicted octanol–water partition coefficient (Wildman–Crippen LogP) is 1.36. The first kappa shape index (κ1) is 19.6. The van der Waals surface area contributed by atoms with Gasteiger partial charge in [0.2, 0.25) is 0 Å². The van der Waals surface area contributed by atoms with Crippen molar-refractivity contribution in [3.63, 3.8) is 0 Å². The van der Waals surface area contributed by atoms with Gasteiger partial charge in [-0.1, -0.05) is 11.3 Å². The molecule has 1 aromatic carbocycles. The first-order valence-electron chi connectivity index (χ1n) is 6.52. The molecule has 0 radical (unpaired) electrons. The zero-order chi connectivity index (χ0) is 17.5. The fourth-order valence-corrected chi connectivity index (χ4v) is 2.74. The number of aromatic amines is 1. The molecule has 25 heavy (non-hydrogen) atoms. The number of imidazole rings is 1. The molecule has 136 valence electrons. The van der Waals surface area contributed by atoms with Gasteiger partial charge < -0.3 is 21.7 Å². The minimum absolute atomic E-state index is 0. The molecule has 0 fully saturated rings. The van der Waals surface area contributed by atoms with Crippen LogP contribution in [0.3, 0.4) is 0 Å². The van der Waals surface area contributed by atoms with Crippen molar-refractivity contribution in [2.24, 2.45) is 0 Å². The number of fused-ring (bicyclic) bond motifs is 1. The Labute approximate surface area is 151 Å². The van der Waals surface area contributed by atoms with Crippen LogP contribution in [0.5, 0.6) is 5.75 Å². The summed E-state index contributed by atoms with van der Waals surface area (Å²) in [6.45, 7) is 0. The quantitative estimate of drug-likeness (QED) is 0.475. The SMILES string of the molecule is FC(C(F)(F)F)C(F)(F)Oc1ccc(-c2c[n+]3ccsc3[nH]2)cc1.[Br-]. The van der Waals surface area contributed by atoms with Crippen molar-refractivity contribution in [3.05, 3.63) is 42.0 Å². The molecule has 0 aliphatic rings. The monoisotopic (exact) mass is 446 g/mol. The molecule has 2 aromatic heterocycles. The summed E-state index contributed by atoms with van der Waals surface area (Å²) < 4.78 is 81.1. The standard InChI is InChI=1S/C14H8F6N2OS.BrH/c15-11(13(16,17)18)14(19,20)23-9-3-1-8(2-4-9)10-7-22-5-6-24-12(22)21-10;/h1-7,11H;1H. The van der Waals surface area contributed by atoms with Gasteiger partial charge in [-0.05, 0) is 24.3 Å². The smallest absolute Gasteiger partial charge is 0.439 e. The number of halogens is 7. The Balaban J connectivity index is 0.00000225. The van der Waals surface area contributed by atoms with Crippen molar-refractivity contribution in [2.75, 3.05) is 0 Å². The highest BCUT2D eigenvalue weighted by Crippen LogP contribution is 2.36. The van der Waals surface area contributed by atoms with Gasteiger partial charge in [0, 0.05) is 10.9 Å². The van der Waals surface area contributed by atoms with Gasteiger partial charge in [-0.2, -0.15) is 26.4 Å². The molecule has 0 bridgehead atoms. The normalized spacial score (nSPS) is 13.5. The van der Waals surface area contributed by atoms with E-state index in [4.69, 9.17) is 0 Å². The lowest BCUT2D eigenvalue weighted by Crippen LogP contribution is -3.00. The summed E-state index contributed by atoms with van der Waals surface area (Å²) in [6, 6.07) is 4.85. The molecule has 0 saturated carbocycles. The lowest BCUT2D eigenvalue weighted by molar-refractivity contribution is -0.505. The average molecular weight is 447 g/mol. The molecule has 3 nitrogen and oxygen atoms in total. The van der Waals surface area contributed by atoms with E-state index in [0.29, 0.717) is 11.3 Å². The molecule has 11 heteroatoms. The van der Waals surface area contributed by atoms with E-state index < -0.39 is 24.2 Å². The van der Waals surface area contributed by atoms with Crippen LogP contribution in [0.25, 0.3) is 16.2 Å². The van der Waals surface area contributed by atoms with E-state index in [9.17, 15) is 26.3 Å². The number of benzene rings is 1. The molecule has 1 atom stereocenters. The topological polar surface area (TPSA) is 29.1 Å². The molecule has 0 saturated heterocycles. The summed E-state index contributed by atoms with van der Waals surface area (Å²) in [6.07, 6.45) is -11.5. The molecule has 0 aliphatic heterocycles. The zero-order valence-electron chi connectivity index (χ0n) is 12.0. The van der Waals surface area contributed by atoms with Crippen LogP contribution < -0.4 is 26.1 Å². The van der Waals surface area contributed by atoms with E-state index >= 15 is 0 Å². The zero-order valence-corrected chi connectivity index (χ0v) is 14.4. The highest BCUT2D eigenvalue weighted by molar-refractivity contribution is 7.14. The van der Waals surface area contributed by atoms with Crippen LogP contribution >= 0.6 is 11.3 Å². The predicted molar refractivity (Wildman–Crippen MR) is 73.8 cm³/mol. The number of nitrogens with one attached hydrogen (secondary N) is 1. The molecule has 2 heterocycles. The Bertz CT molecular complexity index is 816. The molecule has 3 aromatic rings. The summed E-state index contributed by atoms with van der Waals surface area (Å²) in [5.74, 6) is -0.573. The summed E-state index contributed by atoms with van der Waals surface area (Å²) >= 11 is 1.45. The number of rotatable bonds is 4. The maximum atomic E-state index is 13.2. The van der Waals surface area contributed by atoms with Gasteiger partial charge in [0.25, 0.3) is 6.17 Å². The van der Waals surface area contributed by atoms with Crippen molar-refractivity contribution >= 4 is 16.3 Å². The number of ether oxygens (including phenoxy) is 1. The highest BCUT2D eigenvalue weighted by atomic mass is 79.9. The van der Waals surface area contributed by atoms with Gasteiger partial charge >= 0.3 is 17.2 Å². The number of hydrogen-bond donors (Lipinski definition) is 1. The van der Waals surface area contributed by atoms with Crippen LogP contribution in [0.2, 0.25) is 0 Å². The third-order valence-electron chi connectivity index (χ3n) is 3.15. The van der Waals surface area contributed by atoms with Crippen LogP contribution in [0.15, 0.2) is 42.0 Å². The van der Waals surface area contributed by atoms with E-state index in [1.54, 1.807) is 6.20 Å². The van der Waals surface area contributed by atoms with Crippen LogP contribution in [0, 0.1) is 0 Å². The van der Waals surface area contributed by atoms with Gasteiger partial charge in [-0.3, -0.25) is 0 Å². The molecule has 0 spiro atoms. The molecular formula is C14H9BrF6N2OS. The fraction of sp³-hybridized carbons (Fsp3) is 0.214. The number of thiazole rings is 1. The Morgan fingerprint density at radius 3 is 2.28 bits per heavy atom. The van der Waals surface area contributed by atoms with E-state index in [1.807, 2.05) is 16.0 Å². The number of nitrogens with zero attached hydrogens (tertiary/aromatic N) is 1. The van der Waals surface area contributed by atoms with Crippen molar-refractivity contribution in [1.82, 2.24) is 4.98 Å². The summed E-state index contributed by atoms with van der Waals surface area (Å²) in [5, 5.41) is 1.86. The van der Waals surface area contributed by atoms with E-state index in [1.165, 1.54) is 23.5 Å². The second kappa shape index (κ2) is 6.87. The van der Waals surface area contributed by atoms with Crippen LogP contribution in [-0.4, -0.2) is 23.4 Å². The third-order valence-corrected chi connectivity index (χ3v) is 3.94. The van der Waals surface area contributed by atoms with Crippen molar-refractivity contribution in [3.8, 4) is 17.0 Å². The second-order valence-corrected chi connectivity index (χ2v) is 5.77. The van der Waals surface area contributed by atoms with Gasteiger partial charge in [-0.25, -0.2) is 9.37 Å². The fourth-order valence-electron chi connectivity index (χ4n) is 2.02. The van der Waals surface area contributed by atoms with Crippen LogP contribution in [-0.2, 0) is 0 Å². The number of alkyl halides is 6. The van der Waals surface area contributed by atoms with Gasteiger partial charge in [-0.15, -0.1) is 0 Å². The van der Waals surface area contributed by atoms with Gasteiger partial charge in [0.05, 0.1) is 0 Å². The van der Waals surface area contributed by atoms with Crippen LogP contribution in [0.4, 0.5) is 26.3 Å². The number of aromatic nitrogens is 2. The summed E-state index contributed by atoms with van der Waals surface area (Å²) in [4.78, 5) is 3.93. The molecule has 0 aliphatic carbocycles. The van der Waals surface area contributed by atoms with Crippen LogP contribution in [0.1, 0.15) is 0 Å². The lowest BCUT2D eigenvalue weighted by Gasteiger charge is -2.23. The molecule has 1 N–H and O–H groups in total. The first-order valence-corrected chi connectivity index (χ1v) is 7.40. The molecule has 3 rings (SSSR count). The molecule has 1 unspecified atom stereocenters. The van der Waals surface area contributed by atoms with E-state index in [0.717, 1.165) is 17.1 Å². The highest BCUT2D eigenvalue weighted by Gasteiger charge is 2.59. The summed E-state index contributed by atoms with van der Waals surface area (Å²) in [5.41, 5.74) is 1.29. The van der Waals surface area contributed by atoms with E-state index in [2.05, 4.69) is 9.72 Å². The lowest BCUT2D eigenvalue weighted by atomic mass is 10.1. The van der Waals surface area contributed by atoms with E-state index in [-0.39, 0.29) is 17.0 Å². The first-order chi connectivity index (χ1) is 11.2. The average Bonchev–Trinajstić information content (AvgIpc) is 3.07. The Morgan fingerprint density at radius 1 is 1.08 bits per heavy atom. The molecule has 0 amide bonds. The Morgan fingerprint density at radius 2 is 1.72 bits per heavy atom. The largest absolute Gasteiger partial charge is 1.00 e. The Hall–Kier alpha value is -1.75. The summed E-state index contributed by atoms with van der Waals surface area (Å²) in [7, 11) is 0. The second-order valence-electron chi connectivity index (χ2n) is 4.88. The van der Waals surface area contributed by atoms with Crippen molar-refractivity contribution in [1.29, 1.82) is 0 Å². The number of H-pyrrole nitrogens is 1. The minimum Gasteiger partial charge on any atom is -1.00 e. The third kappa shape index (κ3) is 4.09. The van der Waals surface area contributed by atoms with Crippen molar-refractivity contribution < 1.29 is 52.5 Å². The maximum Gasteiger partial charge on any atom is 0.439 e. The van der Waals surface area contributed by atoms with Gasteiger partial charge in [0.1, 0.15) is 18.1 Å². The maximum absolute atomic E-state index is 13.2. The minimum atomic E-state index is -5.71.